The van der Waals surface area contributed by atoms with Gasteiger partial charge < -0.3 is 15.2 Å². The molecule has 5 heteroatoms. The average molecular weight is 307 g/mol. The molecule has 118 valence electrons. The van der Waals surface area contributed by atoms with Gasteiger partial charge in [-0.1, -0.05) is 12.1 Å². The lowest BCUT2D eigenvalue weighted by Gasteiger charge is -2.15. The Kier molecular flexibility index (Phi) is 3.94. The van der Waals surface area contributed by atoms with E-state index in [0.29, 0.717) is 0 Å². The number of benzene rings is 1. The molecule has 5 nitrogen and oxygen atoms in total. The number of anilines is 1. The van der Waals surface area contributed by atoms with Gasteiger partial charge in [0.1, 0.15) is 11.6 Å². The summed E-state index contributed by atoms with van der Waals surface area (Å²) in [6.45, 7) is 4.42. The second-order valence-corrected chi connectivity index (χ2v) is 5.98. The molecule has 0 radical (unpaired) electrons. The third-order valence-corrected chi connectivity index (χ3v) is 4.37. The Hall–Kier alpha value is -2.40. The van der Waals surface area contributed by atoms with Crippen molar-refractivity contribution in [3.63, 3.8) is 0 Å². The van der Waals surface area contributed by atoms with Gasteiger partial charge in [-0.2, -0.15) is 0 Å². The maximum absolute atomic E-state index is 4.68. The monoisotopic (exact) mass is 307 g/mol. The van der Waals surface area contributed by atoms with Crippen LogP contribution in [0.4, 0.5) is 5.82 Å². The number of aromatic amines is 1. The minimum absolute atomic E-state index is 0.864. The Bertz CT molecular complexity index is 756. The number of imidazole rings is 1. The standard InChI is InChI=1S/C18H21N5/c1-2-8-16-15(7-1)21-18(22-16)14-6-5-9-19-17(14)20-10-13-23-11-3-4-12-23/h1-2,5-9H,3-4,10-13H2,(H,19,20)(H,21,22). The van der Waals surface area contributed by atoms with E-state index in [4.69, 9.17) is 0 Å². The highest BCUT2D eigenvalue weighted by molar-refractivity contribution is 5.81. The number of para-hydroxylation sites is 2. The molecule has 0 unspecified atom stereocenters. The molecule has 3 heterocycles. The molecule has 0 bridgehead atoms. The Balaban J connectivity index is 1.53. The van der Waals surface area contributed by atoms with Crippen LogP contribution in [0, 0.1) is 0 Å². The van der Waals surface area contributed by atoms with E-state index in [9.17, 15) is 0 Å². The number of hydrogen-bond acceptors (Lipinski definition) is 4. The van der Waals surface area contributed by atoms with E-state index in [2.05, 4.69) is 31.2 Å². The van der Waals surface area contributed by atoms with E-state index in [0.717, 1.165) is 41.3 Å². The number of aromatic nitrogens is 3. The van der Waals surface area contributed by atoms with Crippen LogP contribution >= 0.6 is 0 Å². The third-order valence-electron chi connectivity index (χ3n) is 4.37. The second kappa shape index (κ2) is 6.38. The number of pyridine rings is 1. The molecule has 1 aliphatic heterocycles. The summed E-state index contributed by atoms with van der Waals surface area (Å²) in [4.78, 5) is 15.1. The van der Waals surface area contributed by atoms with Crippen molar-refractivity contribution in [2.24, 2.45) is 0 Å². The van der Waals surface area contributed by atoms with Crippen LogP contribution in [-0.4, -0.2) is 46.0 Å². The summed E-state index contributed by atoms with van der Waals surface area (Å²) in [6.07, 6.45) is 4.48. The Morgan fingerprint density at radius 1 is 1.09 bits per heavy atom. The first-order valence-corrected chi connectivity index (χ1v) is 8.26. The van der Waals surface area contributed by atoms with Crippen LogP contribution in [0.3, 0.4) is 0 Å². The highest BCUT2D eigenvalue weighted by atomic mass is 15.2. The highest BCUT2D eigenvalue weighted by Crippen LogP contribution is 2.25. The van der Waals surface area contributed by atoms with Gasteiger partial charge in [0.05, 0.1) is 16.6 Å². The molecule has 1 fully saturated rings. The van der Waals surface area contributed by atoms with Crippen LogP contribution in [0.2, 0.25) is 0 Å². The summed E-state index contributed by atoms with van der Waals surface area (Å²) in [5.74, 6) is 1.76. The predicted molar refractivity (Wildman–Crippen MR) is 93.5 cm³/mol. The van der Waals surface area contributed by atoms with Crippen molar-refractivity contribution in [2.75, 3.05) is 31.5 Å². The molecule has 4 rings (SSSR count). The SMILES string of the molecule is c1cnc(NCCN2CCCC2)c(-c2nc3ccccc3[nH]2)c1. The average Bonchev–Trinajstić information content (AvgIpc) is 3.24. The molecule has 0 atom stereocenters. The van der Waals surface area contributed by atoms with Crippen LogP contribution < -0.4 is 5.32 Å². The minimum atomic E-state index is 0.864. The summed E-state index contributed by atoms with van der Waals surface area (Å²) in [5, 5.41) is 3.47. The van der Waals surface area contributed by atoms with Crippen LogP contribution in [0.25, 0.3) is 22.4 Å². The number of hydrogen-bond donors (Lipinski definition) is 2. The molecule has 23 heavy (non-hydrogen) atoms. The van der Waals surface area contributed by atoms with E-state index in [1.54, 1.807) is 0 Å². The zero-order chi connectivity index (χ0) is 15.5. The van der Waals surface area contributed by atoms with Crippen LogP contribution in [0.5, 0.6) is 0 Å². The van der Waals surface area contributed by atoms with Crippen molar-refractivity contribution in [1.82, 2.24) is 19.9 Å². The summed E-state index contributed by atoms with van der Waals surface area (Å²) >= 11 is 0. The molecule has 1 aromatic carbocycles. The number of H-pyrrole nitrogens is 1. The van der Waals surface area contributed by atoms with Crippen LogP contribution in [0.15, 0.2) is 42.6 Å². The van der Waals surface area contributed by atoms with Crippen molar-refractivity contribution in [3.05, 3.63) is 42.6 Å². The van der Waals surface area contributed by atoms with E-state index in [-0.39, 0.29) is 0 Å². The fourth-order valence-electron chi connectivity index (χ4n) is 3.16. The van der Waals surface area contributed by atoms with Gasteiger partial charge in [-0.05, 0) is 50.2 Å². The second-order valence-electron chi connectivity index (χ2n) is 5.98. The maximum Gasteiger partial charge on any atom is 0.142 e. The molecular formula is C18H21N5. The fourth-order valence-corrected chi connectivity index (χ4v) is 3.16. The molecule has 2 N–H and O–H groups in total. The number of fused-ring (bicyclic) bond motifs is 1. The largest absolute Gasteiger partial charge is 0.368 e. The van der Waals surface area contributed by atoms with E-state index >= 15 is 0 Å². The summed E-state index contributed by atoms with van der Waals surface area (Å²) < 4.78 is 0. The smallest absolute Gasteiger partial charge is 0.142 e. The van der Waals surface area contributed by atoms with Crippen molar-refractivity contribution < 1.29 is 0 Å². The third kappa shape index (κ3) is 3.05. The number of rotatable bonds is 5. The van der Waals surface area contributed by atoms with Gasteiger partial charge in [0.25, 0.3) is 0 Å². The molecule has 3 aromatic rings. The molecule has 0 spiro atoms. The lowest BCUT2D eigenvalue weighted by Crippen LogP contribution is -2.26. The predicted octanol–water partition coefficient (Wildman–Crippen LogP) is 3.13. The molecule has 1 saturated heterocycles. The quantitative estimate of drug-likeness (QED) is 0.760. The van der Waals surface area contributed by atoms with Gasteiger partial charge in [-0.25, -0.2) is 9.97 Å². The summed E-state index contributed by atoms with van der Waals surface area (Å²) in [7, 11) is 0. The van der Waals surface area contributed by atoms with Gasteiger partial charge >= 0.3 is 0 Å². The van der Waals surface area contributed by atoms with Crippen molar-refractivity contribution in [2.45, 2.75) is 12.8 Å². The van der Waals surface area contributed by atoms with Gasteiger partial charge in [0, 0.05) is 19.3 Å². The zero-order valence-electron chi connectivity index (χ0n) is 13.1. The molecule has 0 aliphatic carbocycles. The van der Waals surface area contributed by atoms with Gasteiger partial charge in [-0.15, -0.1) is 0 Å². The first-order valence-electron chi connectivity index (χ1n) is 8.26. The molecule has 0 saturated carbocycles. The lowest BCUT2D eigenvalue weighted by molar-refractivity contribution is 0.352. The van der Waals surface area contributed by atoms with Gasteiger partial charge in [0.2, 0.25) is 0 Å². The Morgan fingerprint density at radius 2 is 1.96 bits per heavy atom. The van der Waals surface area contributed by atoms with Gasteiger partial charge in [-0.3, -0.25) is 0 Å². The van der Waals surface area contributed by atoms with Crippen LogP contribution in [-0.2, 0) is 0 Å². The molecule has 2 aromatic heterocycles. The molecule has 1 aliphatic rings. The van der Waals surface area contributed by atoms with Crippen LogP contribution in [0.1, 0.15) is 12.8 Å². The summed E-state index contributed by atoms with van der Waals surface area (Å²) in [6, 6.07) is 12.1. The van der Waals surface area contributed by atoms with Gasteiger partial charge in [0.15, 0.2) is 0 Å². The van der Waals surface area contributed by atoms with E-state index in [1.165, 1.54) is 25.9 Å². The number of likely N-dealkylation sites (tertiary alicyclic amines) is 1. The fraction of sp³-hybridized carbons (Fsp3) is 0.333. The Labute approximate surface area is 135 Å². The molecular weight excluding hydrogens is 286 g/mol. The normalized spacial score (nSPS) is 15.3. The van der Waals surface area contributed by atoms with Crippen molar-refractivity contribution in [3.8, 4) is 11.4 Å². The first-order chi connectivity index (χ1) is 11.4. The van der Waals surface area contributed by atoms with Crippen molar-refractivity contribution in [1.29, 1.82) is 0 Å². The van der Waals surface area contributed by atoms with E-state index in [1.807, 2.05) is 36.5 Å². The highest BCUT2D eigenvalue weighted by Gasteiger charge is 2.13. The Morgan fingerprint density at radius 3 is 2.83 bits per heavy atom. The summed E-state index contributed by atoms with van der Waals surface area (Å²) in [5.41, 5.74) is 3.05. The van der Waals surface area contributed by atoms with Crippen molar-refractivity contribution >= 4 is 16.9 Å². The number of nitrogens with zero attached hydrogens (tertiary/aromatic N) is 3. The maximum atomic E-state index is 4.68. The zero-order valence-corrected chi connectivity index (χ0v) is 13.1. The lowest BCUT2D eigenvalue weighted by atomic mass is 10.2. The first kappa shape index (κ1) is 14.2. The molecule has 0 amide bonds. The minimum Gasteiger partial charge on any atom is -0.368 e. The van der Waals surface area contributed by atoms with E-state index < -0.39 is 0 Å². The topological polar surface area (TPSA) is 56.8 Å². The number of nitrogens with one attached hydrogen (secondary N) is 2.